The second-order valence-corrected chi connectivity index (χ2v) is 5.27. The van der Waals surface area contributed by atoms with Gasteiger partial charge in [0.2, 0.25) is 0 Å². The van der Waals surface area contributed by atoms with Crippen molar-refractivity contribution in [3.05, 3.63) is 66.2 Å². The maximum atomic E-state index is 12.4. The molecular weight excluding hydrogens is 278 g/mol. The Hall–Kier alpha value is -2.62. The molecule has 0 saturated carbocycles. The topological polar surface area (TPSA) is 46.6 Å². The van der Waals surface area contributed by atoms with Crippen LogP contribution in [-0.2, 0) is 14.3 Å². The van der Waals surface area contributed by atoms with Crippen LogP contribution in [-0.4, -0.2) is 24.9 Å². The summed E-state index contributed by atoms with van der Waals surface area (Å²) in [5.41, 5.74) is 1.86. The quantitative estimate of drug-likeness (QED) is 0.645. The van der Waals surface area contributed by atoms with Crippen LogP contribution in [0.4, 0.5) is 5.69 Å². The van der Waals surface area contributed by atoms with Gasteiger partial charge in [0, 0.05) is 12.1 Å². The third kappa shape index (κ3) is 2.48. The maximum Gasteiger partial charge on any atom is 0.336 e. The van der Waals surface area contributed by atoms with Crippen LogP contribution in [0.3, 0.4) is 0 Å². The molecular formula is C18H17NO3. The predicted molar refractivity (Wildman–Crippen MR) is 83.5 cm³/mol. The third-order valence-electron chi connectivity index (χ3n) is 3.98. The molecule has 0 unspecified atom stereocenters. The number of nitrogens with zero attached hydrogens (tertiary/aromatic N) is 1. The molecule has 0 aromatic heterocycles. The van der Waals surface area contributed by atoms with Gasteiger partial charge in [0.1, 0.15) is 0 Å². The lowest BCUT2D eigenvalue weighted by Crippen LogP contribution is -2.41. The number of ether oxygens (including phenoxy) is 1. The van der Waals surface area contributed by atoms with E-state index in [2.05, 4.69) is 0 Å². The van der Waals surface area contributed by atoms with E-state index in [9.17, 15) is 9.59 Å². The molecule has 2 aromatic rings. The molecule has 1 aliphatic rings. The van der Waals surface area contributed by atoms with E-state index < -0.39 is 12.0 Å². The molecule has 3 rings (SSSR count). The Morgan fingerprint density at radius 2 is 1.64 bits per heavy atom. The number of Topliss-reactive ketones (excluding diaryl/α,β-unsaturated/α-hetero) is 1. The largest absolute Gasteiger partial charge is 0.467 e. The number of hydrogen-bond acceptors (Lipinski definition) is 4. The van der Waals surface area contributed by atoms with Gasteiger partial charge in [-0.3, -0.25) is 4.79 Å². The number of methoxy groups -OCH3 is 1. The fourth-order valence-electron chi connectivity index (χ4n) is 2.98. The van der Waals surface area contributed by atoms with Crippen LogP contribution in [0.15, 0.2) is 60.7 Å². The molecule has 2 aromatic carbocycles. The summed E-state index contributed by atoms with van der Waals surface area (Å²) in [5, 5.41) is 0. The monoisotopic (exact) mass is 295 g/mol. The number of para-hydroxylation sites is 1. The molecule has 0 aliphatic carbocycles. The molecule has 0 amide bonds. The lowest BCUT2D eigenvalue weighted by molar-refractivity contribution is -0.144. The van der Waals surface area contributed by atoms with Gasteiger partial charge in [-0.15, -0.1) is 0 Å². The molecule has 0 radical (unpaired) electrons. The van der Waals surface area contributed by atoms with E-state index in [1.54, 1.807) is 0 Å². The lowest BCUT2D eigenvalue weighted by atomic mass is 10.0. The van der Waals surface area contributed by atoms with Crippen LogP contribution in [0, 0.1) is 0 Å². The molecule has 4 nitrogen and oxygen atoms in total. The Kier molecular flexibility index (Phi) is 3.92. The predicted octanol–water partition coefficient (Wildman–Crippen LogP) is 2.75. The average molecular weight is 295 g/mol. The van der Waals surface area contributed by atoms with Gasteiger partial charge in [0.15, 0.2) is 11.8 Å². The summed E-state index contributed by atoms with van der Waals surface area (Å²) in [7, 11) is 1.31. The molecule has 2 atom stereocenters. The summed E-state index contributed by atoms with van der Waals surface area (Å²) in [6.45, 7) is 0. The van der Waals surface area contributed by atoms with Crippen LogP contribution < -0.4 is 4.90 Å². The van der Waals surface area contributed by atoms with Gasteiger partial charge >= 0.3 is 5.97 Å². The first-order valence-electron chi connectivity index (χ1n) is 7.21. The minimum atomic E-state index is -0.877. The van der Waals surface area contributed by atoms with Gasteiger partial charge < -0.3 is 9.64 Å². The number of rotatable bonds is 3. The highest BCUT2D eigenvalue weighted by Gasteiger charge is 2.45. The van der Waals surface area contributed by atoms with Crippen molar-refractivity contribution in [3.63, 3.8) is 0 Å². The number of benzene rings is 2. The summed E-state index contributed by atoms with van der Waals surface area (Å²) < 4.78 is 4.84. The molecule has 0 bridgehead atoms. The Morgan fingerprint density at radius 1 is 1.05 bits per heavy atom. The van der Waals surface area contributed by atoms with Crippen molar-refractivity contribution in [2.45, 2.75) is 18.5 Å². The standard InChI is InChI=1S/C18H17NO3/c1-22-18(21)17-16(20)12-15(13-8-4-2-5-9-13)19(17)14-10-6-3-7-11-14/h2-11,15,17H,12H2,1H3/t15-,17+/m1/s1. The van der Waals surface area contributed by atoms with Crippen molar-refractivity contribution in [1.29, 1.82) is 0 Å². The fourth-order valence-corrected chi connectivity index (χ4v) is 2.98. The van der Waals surface area contributed by atoms with Crippen molar-refractivity contribution in [1.82, 2.24) is 0 Å². The first-order chi connectivity index (χ1) is 10.7. The zero-order chi connectivity index (χ0) is 15.5. The van der Waals surface area contributed by atoms with Crippen LogP contribution in [0.25, 0.3) is 0 Å². The Balaban J connectivity index is 2.06. The zero-order valence-electron chi connectivity index (χ0n) is 12.3. The van der Waals surface area contributed by atoms with E-state index in [1.165, 1.54) is 7.11 Å². The van der Waals surface area contributed by atoms with Gasteiger partial charge in [-0.1, -0.05) is 48.5 Å². The van der Waals surface area contributed by atoms with Crippen LogP contribution in [0.1, 0.15) is 18.0 Å². The van der Waals surface area contributed by atoms with E-state index in [1.807, 2.05) is 65.6 Å². The molecule has 1 saturated heterocycles. The van der Waals surface area contributed by atoms with E-state index in [-0.39, 0.29) is 11.8 Å². The Bertz CT molecular complexity index is 669. The molecule has 1 heterocycles. The maximum absolute atomic E-state index is 12.4. The van der Waals surface area contributed by atoms with Gasteiger partial charge in [-0.05, 0) is 17.7 Å². The first kappa shape index (κ1) is 14.3. The van der Waals surface area contributed by atoms with E-state index in [0.29, 0.717) is 6.42 Å². The number of carbonyl (C=O) groups excluding carboxylic acids is 2. The minimum Gasteiger partial charge on any atom is -0.467 e. The molecule has 22 heavy (non-hydrogen) atoms. The molecule has 4 heteroatoms. The SMILES string of the molecule is COC(=O)[C@@H]1C(=O)C[C@H](c2ccccc2)N1c1ccccc1. The van der Waals surface area contributed by atoms with Gasteiger partial charge in [-0.2, -0.15) is 0 Å². The number of esters is 1. The highest BCUT2D eigenvalue weighted by atomic mass is 16.5. The van der Waals surface area contributed by atoms with Crippen LogP contribution in [0.2, 0.25) is 0 Å². The number of ketones is 1. The average Bonchev–Trinajstić information content (AvgIpc) is 2.93. The number of anilines is 1. The second kappa shape index (κ2) is 6.02. The number of hydrogen-bond donors (Lipinski definition) is 0. The summed E-state index contributed by atoms with van der Waals surface area (Å²) in [6.07, 6.45) is 0.304. The molecule has 0 N–H and O–H groups in total. The van der Waals surface area contributed by atoms with Crippen molar-refractivity contribution in [2.24, 2.45) is 0 Å². The summed E-state index contributed by atoms with van der Waals surface area (Å²) >= 11 is 0. The minimum absolute atomic E-state index is 0.107. The summed E-state index contributed by atoms with van der Waals surface area (Å²) in [4.78, 5) is 26.4. The van der Waals surface area contributed by atoms with Crippen LogP contribution in [0.5, 0.6) is 0 Å². The molecule has 1 aliphatic heterocycles. The lowest BCUT2D eigenvalue weighted by Gasteiger charge is -2.30. The second-order valence-electron chi connectivity index (χ2n) is 5.27. The highest BCUT2D eigenvalue weighted by Crippen LogP contribution is 2.38. The van der Waals surface area contributed by atoms with Gasteiger partial charge in [0.25, 0.3) is 0 Å². The molecule has 112 valence electrons. The van der Waals surface area contributed by atoms with Crippen molar-refractivity contribution >= 4 is 17.4 Å². The van der Waals surface area contributed by atoms with E-state index in [0.717, 1.165) is 11.3 Å². The van der Waals surface area contributed by atoms with Gasteiger partial charge in [0.05, 0.1) is 13.2 Å². The van der Waals surface area contributed by atoms with Crippen LogP contribution >= 0.6 is 0 Å². The Morgan fingerprint density at radius 3 is 2.23 bits per heavy atom. The normalized spacial score (nSPS) is 21.0. The molecule has 1 fully saturated rings. The Labute approximate surface area is 129 Å². The first-order valence-corrected chi connectivity index (χ1v) is 7.21. The van der Waals surface area contributed by atoms with E-state index >= 15 is 0 Å². The third-order valence-corrected chi connectivity index (χ3v) is 3.98. The molecule has 0 spiro atoms. The smallest absolute Gasteiger partial charge is 0.336 e. The van der Waals surface area contributed by atoms with Crippen molar-refractivity contribution in [2.75, 3.05) is 12.0 Å². The summed E-state index contributed by atoms with van der Waals surface area (Å²) in [5.74, 6) is -0.614. The highest BCUT2D eigenvalue weighted by molar-refractivity contribution is 6.09. The number of carbonyl (C=O) groups is 2. The van der Waals surface area contributed by atoms with Gasteiger partial charge in [-0.25, -0.2) is 4.79 Å². The summed E-state index contributed by atoms with van der Waals surface area (Å²) in [6, 6.07) is 18.3. The zero-order valence-corrected chi connectivity index (χ0v) is 12.3. The van der Waals surface area contributed by atoms with Crippen molar-refractivity contribution < 1.29 is 14.3 Å². The van der Waals surface area contributed by atoms with Crippen molar-refractivity contribution in [3.8, 4) is 0 Å². The van der Waals surface area contributed by atoms with E-state index in [4.69, 9.17) is 4.74 Å². The fraction of sp³-hybridized carbons (Fsp3) is 0.222.